The molecule has 1 N–H and O–H groups in total. The first-order valence-corrected chi connectivity index (χ1v) is 8.48. The molecule has 7 heteroatoms. The Kier molecular flexibility index (Phi) is 4.01. The van der Waals surface area contributed by atoms with E-state index in [0.29, 0.717) is 11.1 Å². The maximum absolute atomic E-state index is 12.7. The number of carbonyl (C=O) groups is 1. The van der Waals surface area contributed by atoms with Gasteiger partial charge in [0.15, 0.2) is 0 Å². The van der Waals surface area contributed by atoms with Crippen molar-refractivity contribution in [1.82, 2.24) is 19.8 Å². The fourth-order valence-electron chi connectivity index (χ4n) is 3.38. The largest absolute Gasteiger partial charge is 0.448 e. The van der Waals surface area contributed by atoms with Crippen LogP contribution in [0.15, 0.2) is 39.8 Å². The van der Waals surface area contributed by atoms with E-state index in [9.17, 15) is 9.59 Å². The molecule has 4 rings (SSSR count). The number of furan rings is 1. The van der Waals surface area contributed by atoms with Crippen LogP contribution in [0, 0.1) is 0 Å². The number of fused-ring (bicyclic) bond motifs is 3. The lowest BCUT2D eigenvalue weighted by Crippen LogP contribution is -2.45. The van der Waals surface area contributed by atoms with Crippen LogP contribution in [0.4, 0.5) is 0 Å². The monoisotopic (exact) mass is 340 g/mol. The third-order valence-electron chi connectivity index (χ3n) is 4.91. The lowest BCUT2D eigenvalue weighted by atomic mass is 10.1. The fraction of sp³-hybridized carbons (Fsp3) is 0.389. The highest BCUT2D eigenvalue weighted by Crippen LogP contribution is 2.24. The van der Waals surface area contributed by atoms with Crippen LogP contribution in [0.2, 0.25) is 0 Å². The van der Waals surface area contributed by atoms with Gasteiger partial charge in [-0.1, -0.05) is 12.1 Å². The van der Waals surface area contributed by atoms with Gasteiger partial charge in [0.2, 0.25) is 11.5 Å². The summed E-state index contributed by atoms with van der Waals surface area (Å²) in [6, 6.07) is 7.61. The topological polar surface area (TPSA) is 80.4 Å². The number of hydrogen-bond donors (Lipinski definition) is 1. The molecule has 0 spiro atoms. The zero-order valence-electron chi connectivity index (χ0n) is 14.1. The van der Waals surface area contributed by atoms with Crippen molar-refractivity contribution >= 4 is 28.0 Å². The van der Waals surface area contributed by atoms with Gasteiger partial charge in [-0.05, 0) is 38.1 Å². The summed E-state index contributed by atoms with van der Waals surface area (Å²) >= 11 is 0. The summed E-state index contributed by atoms with van der Waals surface area (Å²) in [4.78, 5) is 31.3. The Morgan fingerprint density at radius 1 is 1.36 bits per heavy atom. The minimum Gasteiger partial charge on any atom is -0.448 e. The quantitative estimate of drug-likeness (QED) is 0.778. The number of para-hydroxylation sites is 1. The van der Waals surface area contributed by atoms with Crippen molar-refractivity contribution in [2.45, 2.75) is 25.4 Å². The average Bonchev–Trinajstić information content (AvgIpc) is 3.03. The molecule has 0 atom stereocenters. The standard InChI is InChI=1S/C18H20N4O3/c1-21(12-6-8-19-9-7-12)15(23)10-22-11-20-16-13-4-2-3-5-14(13)25-17(16)18(22)24/h2-5,11-12,19H,6-10H2,1H3. The number of amides is 1. The number of piperidine rings is 1. The molecule has 1 saturated heterocycles. The third-order valence-corrected chi connectivity index (χ3v) is 4.91. The maximum atomic E-state index is 12.7. The number of likely N-dealkylation sites (N-methyl/N-ethyl adjacent to an activating group) is 1. The van der Waals surface area contributed by atoms with Crippen molar-refractivity contribution in [2.24, 2.45) is 0 Å². The van der Waals surface area contributed by atoms with Gasteiger partial charge >= 0.3 is 0 Å². The first kappa shape index (κ1) is 15.8. The Labute approximate surface area is 144 Å². The maximum Gasteiger partial charge on any atom is 0.297 e. The van der Waals surface area contributed by atoms with Crippen LogP contribution in [-0.4, -0.2) is 46.5 Å². The molecular formula is C18H20N4O3. The zero-order chi connectivity index (χ0) is 17.4. The molecule has 25 heavy (non-hydrogen) atoms. The predicted molar refractivity (Wildman–Crippen MR) is 94.4 cm³/mol. The molecule has 3 aromatic rings. The summed E-state index contributed by atoms with van der Waals surface area (Å²) in [6.07, 6.45) is 3.29. The van der Waals surface area contributed by atoms with Gasteiger partial charge in [0.1, 0.15) is 17.6 Å². The molecule has 0 radical (unpaired) electrons. The summed E-state index contributed by atoms with van der Waals surface area (Å²) in [6.45, 7) is 1.79. The highest BCUT2D eigenvalue weighted by atomic mass is 16.3. The molecular weight excluding hydrogens is 320 g/mol. The second-order valence-electron chi connectivity index (χ2n) is 6.44. The molecule has 1 amide bonds. The van der Waals surface area contributed by atoms with Crippen LogP contribution in [0.25, 0.3) is 22.1 Å². The Morgan fingerprint density at radius 3 is 2.92 bits per heavy atom. The van der Waals surface area contributed by atoms with E-state index in [1.807, 2.05) is 18.2 Å². The summed E-state index contributed by atoms with van der Waals surface area (Å²) in [5, 5.41) is 4.09. The molecule has 2 aromatic heterocycles. The van der Waals surface area contributed by atoms with Gasteiger partial charge in [-0.2, -0.15) is 0 Å². The van der Waals surface area contributed by atoms with E-state index in [0.717, 1.165) is 31.3 Å². The molecule has 1 aliphatic heterocycles. The lowest BCUT2D eigenvalue weighted by Gasteiger charge is -2.31. The second-order valence-corrected chi connectivity index (χ2v) is 6.44. The minimum absolute atomic E-state index is 0.0285. The van der Waals surface area contributed by atoms with Gasteiger partial charge in [-0.25, -0.2) is 4.98 Å². The lowest BCUT2D eigenvalue weighted by molar-refractivity contribution is -0.133. The number of nitrogens with one attached hydrogen (secondary N) is 1. The van der Waals surface area contributed by atoms with Crippen molar-refractivity contribution in [3.05, 3.63) is 40.9 Å². The Hall–Kier alpha value is -2.67. The van der Waals surface area contributed by atoms with E-state index in [-0.39, 0.29) is 29.6 Å². The summed E-state index contributed by atoms with van der Waals surface area (Å²) in [7, 11) is 1.80. The van der Waals surface area contributed by atoms with Crippen molar-refractivity contribution < 1.29 is 9.21 Å². The fourth-order valence-corrected chi connectivity index (χ4v) is 3.38. The van der Waals surface area contributed by atoms with Crippen LogP contribution in [0.5, 0.6) is 0 Å². The minimum atomic E-state index is -0.326. The zero-order valence-corrected chi connectivity index (χ0v) is 14.1. The number of benzene rings is 1. The Bertz CT molecular complexity index is 985. The molecule has 0 bridgehead atoms. The average molecular weight is 340 g/mol. The molecule has 0 saturated carbocycles. The number of nitrogens with zero attached hydrogens (tertiary/aromatic N) is 3. The van der Waals surface area contributed by atoms with Crippen LogP contribution in [0.1, 0.15) is 12.8 Å². The third kappa shape index (κ3) is 2.80. The molecule has 0 aliphatic carbocycles. The highest BCUT2D eigenvalue weighted by molar-refractivity contribution is 6.01. The van der Waals surface area contributed by atoms with Crippen molar-refractivity contribution in [3.8, 4) is 0 Å². The molecule has 1 aliphatic rings. The van der Waals surface area contributed by atoms with Crippen molar-refractivity contribution in [1.29, 1.82) is 0 Å². The highest BCUT2D eigenvalue weighted by Gasteiger charge is 2.23. The Morgan fingerprint density at radius 2 is 2.12 bits per heavy atom. The van der Waals surface area contributed by atoms with Gasteiger partial charge in [-0.3, -0.25) is 14.2 Å². The predicted octanol–water partition coefficient (Wildman–Crippen LogP) is 1.35. The number of carbonyl (C=O) groups excluding carboxylic acids is 1. The van der Waals surface area contributed by atoms with Gasteiger partial charge in [0.05, 0.1) is 6.33 Å². The Balaban J connectivity index is 1.63. The van der Waals surface area contributed by atoms with Crippen LogP contribution < -0.4 is 10.9 Å². The molecule has 130 valence electrons. The normalized spacial score (nSPS) is 15.7. The van der Waals surface area contributed by atoms with Crippen molar-refractivity contribution in [2.75, 3.05) is 20.1 Å². The number of hydrogen-bond acceptors (Lipinski definition) is 5. The van der Waals surface area contributed by atoms with Gasteiger partial charge in [0.25, 0.3) is 5.56 Å². The summed E-state index contributed by atoms with van der Waals surface area (Å²) in [5.41, 5.74) is 1.03. The van der Waals surface area contributed by atoms with Crippen LogP contribution in [-0.2, 0) is 11.3 Å². The number of rotatable bonds is 3. The summed E-state index contributed by atoms with van der Waals surface area (Å²) in [5.74, 6) is -0.0914. The first-order chi connectivity index (χ1) is 12.1. The second kappa shape index (κ2) is 6.33. The molecule has 3 heterocycles. The van der Waals surface area contributed by atoms with Crippen LogP contribution in [0.3, 0.4) is 0 Å². The van der Waals surface area contributed by atoms with Crippen molar-refractivity contribution in [3.63, 3.8) is 0 Å². The molecule has 1 aromatic carbocycles. The van der Waals surface area contributed by atoms with Crippen LogP contribution >= 0.6 is 0 Å². The van der Waals surface area contributed by atoms with E-state index in [4.69, 9.17) is 4.42 Å². The van der Waals surface area contributed by atoms with E-state index in [2.05, 4.69) is 10.3 Å². The summed E-state index contributed by atoms with van der Waals surface area (Å²) < 4.78 is 6.98. The van der Waals surface area contributed by atoms with E-state index in [1.54, 1.807) is 18.0 Å². The first-order valence-electron chi connectivity index (χ1n) is 8.48. The molecule has 1 fully saturated rings. The van der Waals surface area contributed by atoms with Gasteiger partial charge < -0.3 is 14.6 Å². The van der Waals surface area contributed by atoms with Gasteiger partial charge in [0, 0.05) is 18.5 Å². The van der Waals surface area contributed by atoms with Gasteiger partial charge in [-0.15, -0.1) is 0 Å². The smallest absolute Gasteiger partial charge is 0.297 e. The van der Waals surface area contributed by atoms with E-state index < -0.39 is 0 Å². The number of aromatic nitrogens is 2. The SMILES string of the molecule is CN(C(=O)Cn1cnc2c(oc3ccccc32)c1=O)C1CCNCC1. The van der Waals surface area contributed by atoms with E-state index >= 15 is 0 Å². The molecule has 7 nitrogen and oxygen atoms in total. The van der Waals surface area contributed by atoms with E-state index in [1.165, 1.54) is 10.9 Å². The molecule has 0 unspecified atom stereocenters.